The molecule has 1 aromatic rings. The van der Waals surface area contributed by atoms with E-state index in [0.717, 1.165) is 24.8 Å². The monoisotopic (exact) mass is 200 g/mol. The fourth-order valence-corrected chi connectivity index (χ4v) is 1.78. The third-order valence-corrected chi connectivity index (χ3v) is 2.94. The van der Waals surface area contributed by atoms with Crippen molar-refractivity contribution in [1.29, 1.82) is 5.26 Å². The summed E-state index contributed by atoms with van der Waals surface area (Å²) in [5.41, 5.74) is 0.719. The lowest BCUT2D eigenvalue weighted by molar-refractivity contribution is -0.125. The summed E-state index contributed by atoms with van der Waals surface area (Å²) in [4.78, 5) is 15.8. The molecule has 3 heteroatoms. The Morgan fingerprint density at radius 1 is 1.60 bits per heavy atom. The maximum absolute atomic E-state index is 11.9. The maximum Gasteiger partial charge on any atom is 0.157 e. The second-order valence-corrected chi connectivity index (χ2v) is 3.88. The number of aromatic nitrogens is 1. The molecule has 1 aromatic heterocycles. The predicted octanol–water partition coefficient (Wildman–Crippen LogP) is 2.06. The first kappa shape index (κ1) is 9.85. The zero-order valence-corrected chi connectivity index (χ0v) is 8.39. The highest BCUT2D eigenvalue weighted by molar-refractivity contribution is 5.90. The summed E-state index contributed by atoms with van der Waals surface area (Å²) >= 11 is 0. The molecule has 0 radical (unpaired) electrons. The van der Waals surface area contributed by atoms with Crippen molar-refractivity contribution >= 4 is 5.78 Å². The van der Waals surface area contributed by atoms with Crippen LogP contribution in [0.5, 0.6) is 0 Å². The number of carbonyl (C=O) groups is 1. The van der Waals surface area contributed by atoms with Gasteiger partial charge in [-0.2, -0.15) is 5.26 Å². The number of Topliss-reactive ketones (excluding diaryl/α,β-unsaturated/α-hetero) is 1. The van der Waals surface area contributed by atoms with Crippen LogP contribution in [0.3, 0.4) is 0 Å². The van der Waals surface area contributed by atoms with Crippen LogP contribution in [0.25, 0.3) is 0 Å². The van der Waals surface area contributed by atoms with Gasteiger partial charge in [0.1, 0.15) is 5.92 Å². The SMILES string of the molecule is N#CC(C(=O)C1CCC1)c1cccnc1. The Hall–Kier alpha value is -1.69. The van der Waals surface area contributed by atoms with E-state index in [1.165, 1.54) is 0 Å². The van der Waals surface area contributed by atoms with Crippen LogP contribution in [-0.2, 0) is 4.79 Å². The van der Waals surface area contributed by atoms with Gasteiger partial charge in [0.25, 0.3) is 0 Å². The minimum absolute atomic E-state index is 0.0664. The average molecular weight is 200 g/mol. The van der Waals surface area contributed by atoms with Crippen molar-refractivity contribution in [3.63, 3.8) is 0 Å². The van der Waals surface area contributed by atoms with Crippen LogP contribution in [0.1, 0.15) is 30.7 Å². The molecule has 0 bridgehead atoms. The lowest BCUT2D eigenvalue weighted by Crippen LogP contribution is -2.26. The number of carbonyl (C=O) groups excluding carboxylic acids is 1. The molecule has 1 heterocycles. The summed E-state index contributed by atoms with van der Waals surface area (Å²) in [5.74, 6) is -0.449. The standard InChI is InChI=1S/C12H12N2O/c13-7-11(10-5-2-6-14-8-10)12(15)9-3-1-4-9/h2,5-6,8-9,11H,1,3-4H2. The van der Waals surface area contributed by atoms with Crippen molar-refractivity contribution in [3.8, 4) is 6.07 Å². The largest absolute Gasteiger partial charge is 0.298 e. The number of rotatable bonds is 3. The van der Waals surface area contributed by atoms with Crippen molar-refractivity contribution in [3.05, 3.63) is 30.1 Å². The van der Waals surface area contributed by atoms with E-state index >= 15 is 0 Å². The average Bonchev–Trinajstić information content (AvgIpc) is 2.18. The van der Waals surface area contributed by atoms with Gasteiger partial charge in [-0.05, 0) is 24.5 Å². The normalized spacial score (nSPS) is 17.5. The van der Waals surface area contributed by atoms with E-state index in [2.05, 4.69) is 11.1 Å². The molecular weight excluding hydrogens is 188 g/mol. The molecule has 1 atom stereocenters. The highest BCUT2D eigenvalue weighted by Gasteiger charge is 2.32. The van der Waals surface area contributed by atoms with E-state index in [9.17, 15) is 4.79 Å². The van der Waals surface area contributed by atoms with Crippen molar-refractivity contribution in [2.45, 2.75) is 25.2 Å². The van der Waals surface area contributed by atoms with Crippen LogP contribution < -0.4 is 0 Å². The minimum atomic E-state index is -0.621. The maximum atomic E-state index is 11.9. The summed E-state index contributed by atoms with van der Waals surface area (Å²) in [7, 11) is 0. The molecule has 0 saturated heterocycles. The van der Waals surface area contributed by atoms with Gasteiger partial charge < -0.3 is 0 Å². The van der Waals surface area contributed by atoms with Crippen LogP contribution in [-0.4, -0.2) is 10.8 Å². The zero-order valence-electron chi connectivity index (χ0n) is 8.39. The Balaban J connectivity index is 2.17. The van der Waals surface area contributed by atoms with Gasteiger partial charge in [-0.3, -0.25) is 9.78 Å². The molecule has 0 aromatic carbocycles. The van der Waals surface area contributed by atoms with Crippen LogP contribution in [0.4, 0.5) is 0 Å². The van der Waals surface area contributed by atoms with Crippen LogP contribution in [0.2, 0.25) is 0 Å². The van der Waals surface area contributed by atoms with Crippen molar-refractivity contribution < 1.29 is 4.79 Å². The number of hydrogen-bond acceptors (Lipinski definition) is 3. The summed E-state index contributed by atoms with van der Waals surface area (Å²) in [5, 5.41) is 9.02. The van der Waals surface area contributed by atoms with E-state index in [1.807, 2.05) is 0 Å². The molecule has 2 rings (SSSR count). The Morgan fingerprint density at radius 2 is 2.40 bits per heavy atom. The van der Waals surface area contributed by atoms with Gasteiger partial charge >= 0.3 is 0 Å². The highest BCUT2D eigenvalue weighted by Crippen LogP contribution is 2.32. The molecule has 1 fully saturated rings. The molecule has 3 nitrogen and oxygen atoms in total. The molecule has 0 N–H and O–H groups in total. The quantitative estimate of drug-likeness (QED) is 0.750. The first-order chi connectivity index (χ1) is 7.33. The number of hydrogen-bond donors (Lipinski definition) is 0. The zero-order chi connectivity index (χ0) is 10.7. The molecule has 0 spiro atoms. The van der Waals surface area contributed by atoms with Crippen LogP contribution >= 0.6 is 0 Å². The van der Waals surface area contributed by atoms with Gasteiger partial charge in [0.15, 0.2) is 5.78 Å². The van der Waals surface area contributed by atoms with Crippen LogP contribution in [0.15, 0.2) is 24.5 Å². The number of nitriles is 1. The number of nitrogens with zero attached hydrogens (tertiary/aromatic N) is 2. The summed E-state index contributed by atoms with van der Waals surface area (Å²) < 4.78 is 0. The Kier molecular flexibility index (Phi) is 2.77. The fraction of sp³-hybridized carbons (Fsp3) is 0.417. The van der Waals surface area contributed by atoms with Gasteiger partial charge in [0.2, 0.25) is 0 Å². The molecule has 1 aliphatic rings. The van der Waals surface area contributed by atoms with Crippen molar-refractivity contribution in [1.82, 2.24) is 4.98 Å². The third kappa shape index (κ3) is 1.89. The van der Waals surface area contributed by atoms with E-state index in [1.54, 1.807) is 24.5 Å². The fourth-order valence-electron chi connectivity index (χ4n) is 1.78. The molecule has 76 valence electrons. The van der Waals surface area contributed by atoms with E-state index < -0.39 is 5.92 Å². The summed E-state index contributed by atoms with van der Waals surface area (Å²) in [6.07, 6.45) is 6.24. The van der Waals surface area contributed by atoms with Gasteiger partial charge in [0, 0.05) is 18.3 Å². The molecule has 1 saturated carbocycles. The first-order valence-electron chi connectivity index (χ1n) is 5.16. The van der Waals surface area contributed by atoms with E-state index in [0.29, 0.717) is 0 Å². The molecule has 1 aliphatic carbocycles. The van der Waals surface area contributed by atoms with Crippen molar-refractivity contribution in [2.75, 3.05) is 0 Å². The second kappa shape index (κ2) is 4.22. The molecular formula is C12H12N2O. The smallest absolute Gasteiger partial charge is 0.157 e. The first-order valence-corrected chi connectivity index (χ1v) is 5.16. The molecule has 0 amide bonds. The van der Waals surface area contributed by atoms with Crippen molar-refractivity contribution in [2.24, 2.45) is 5.92 Å². The summed E-state index contributed by atoms with van der Waals surface area (Å²) in [6.45, 7) is 0. The minimum Gasteiger partial charge on any atom is -0.298 e. The Labute approximate surface area is 88.8 Å². The Bertz CT molecular complexity index is 390. The second-order valence-electron chi connectivity index (χ2n) is 3.88. The number of ketones is 1. The lowest BCUT2D eigenvalue weighted by Gasteiger charge is -2.25. The topological polar surface area (TPSA) is 53.8 Å². The number of pyridine rings is 1. The van der Waals surface area contributed by atoms with Gasteiger partial charge in [-0.15, -0.1) is 0 Å². The highest BCUT2D eigenvalue weighted by atomic mass is 16.1. The van der Waals surface area contributed by atoms with Gasteiger partial charge in [0.05, 0.1) is 6.07 Å². The van der Waals surface area contributed by atoms with Gasteiger partial charge in [-0.1, -0.05) is 12.5 Å². The van der Waals surface area contributed by atoms with Gasteiger partial charge in [-0.25, -0.2) is 0 Å². The van der Waals surface area contributed by atoms with E-state index in [-0.39, 0.29) is 11.7 Å². The predicted molar refractivity (Wildman–Crippen MR) is 54.9 cm³/mol. The molecule has 0 aliphatic heterocycles. The Morgan fingerprint density at radius 3 is 2.87 bits per heavy atom. The van der Waals surface area contributed by atoms with Crippen LogP contribution in [0, 0.1) is 17.2 Å². The third-order valence-electron chi connectivity index (χ3n) is 2.94. The molecule has 1 unspecified atom stereocenters. The lowest BCUT2D eigenvalue weighted by atomic mass is 9.77. The van der Waals surface area contributed by atoms with E-state index in [4.69, 9.17) is 5.26 Å². The molecule has 15 heavy (non-hydrogen) atoms. The summed E-state index contributed by atoms with van der Waals surface area (Å²) in [6, 6.07) is 5.62.